The summed E-state index contributed by atoms with van der Waals surface area (Å²) in [6, 6.07) is 12.8. The van der Waals surface area contributed by atoms with Crippen LogP contribution in [0.4, 0.5) is 11.4 Å². The van der Waals surface area contributed by atoms with Crippen LogP contribution in [0.3, 0.4) is 0 Å². The highest BCUT2D eigenvalue weighted by molar-refractivity contribution is 5.99. The fourth-order valence-electron chi connectivity index (χ4n) is 6.80. The molecule has 4 atom stereocenters. The lowest BCUT2D eigenvalue weighted by Crippen LogP contribution is -2.47. The molecule has 246 valence electrons. The van der Waals surface area contributed by atoms with Crippen molar-refractivity contribution in [3.05, 3.63) is 54.7 Å². The molecule has 7 rings (SSSR count). The molecule has 4 aliphatic rings. The summed E-state index contributed by atoms with van der Waals surface area (Å²) >= 11 is 0. The first kappa shape index (κ1) is 31.1. The van der Waals surface area contributed by atoms with E-state index in [-0.39, 0.29) is 61.4 Å². The molecule has 0 bridgehead atoms. The van der Waals surface area contributed by atoms with Gasteiger partial charge >= 0.3 is 0 Å². The standard InChI is InChI=1S/C35H39N5O7/c41-26-15-28(39(18-26)34(45)22-3-1-4-22)31(43)37-24-11-7-20(8-12-24)30-17-36-33(47-30)21-9-13-25(14-10-21)38-32(44)29-16-27(42)19-40(29)35(46)23-5-2-6-23/h7-14,17,22-23,26-29,41-42H,1-6,15-16,18-19H2,(H,37,43)(H,38,44)/t26-,27-,28+,29+/m1/s1. The van der Waals surface area contributed by atoms with Crippen molar-refractivity contribution in [2.75, 3.05) is 23.7 Å². The summed E-state index contributed by atoms with van der Waals surface area (Å²) in [7, 11) is 0. The van der Waals surface area contributed by atoms with Crippen molar-refractivity contribution in [3.63, 3.8) is 0 Å². The zero-order valence-electron chi connectivity index (χ0n) is 26.0. The van der Waals surface area contributed by atoms with E-state index in [9.17, 15) is 29.4 Å². The summed E-state index contributed by atoms with van der Waals surface area (Å²) in [5.74, 6) is 0.109. The van der Waals surface area contributed by atoms with E-state index in [1.807, 2.05) is 0 Å². The quantitative estimate of drug-likeness (QED) is 0.291. The molecular weight excluding hydrogens is 602 g/mol. The summed E-state index contributed by atoms with van der Waals surface area (Å²) in [6.45, 7) is 0.368. The molecule has 2 aliphatic carbocycles. The normalized spacial score (nSPS) is 24.5. The molecule has 12 heteroatoms. The molecule has 0 radical (unpaired) electrons. The lowest BCUT2D eigenvalue weighted by Gasteiger charge is -2.32. The number of carbonyl (C=O) groups is 4. The Hall–Kier alpha value is -4.55. The molecule has 2 aliphatic heterocycles. The molecule has 0 unspecified atom stereocenters. The zero-order chi connectivity index (χ0) is 32.7. The number of aliphatic hydroxyl groups is 2. The highest BCUT2D eigenvalue weighted by atomic mass is 16.4. The van der Waals surface area contributed by atoms with Gasteiger partial charge in [-0.25, -0.2) is 4.98 Å². The van der Waals surface area contributed by atoms with Gasteiger partial charge in [0.2, 0.25) is 29.5 Å². The lowest BCUT2D eigenvalue weighted by atomic mass is 9.84. The van der Waals surface area contributed by atoms with Crippen LogP contribution >= 0.6 is 0 Å². The van der Waals surface area contributed by atoms with Gasteiger partial charge in [0, 0.05) is 60.3 Å². The van der Waals surface area contributed by atoms with Crippen LogP contribution in [0.25, 0.3) is 22.8 Å². The molecule has 2 saturated carbocycles. The summed E-state index contributed by atoms with van der Waals surface area (Å²) in [6.07, 6.45) is 6.03. The fraction of sp³-hybridized carbons (Fsp3) is 0.457. The molecule has 2 saturated heterocycles. The maximum absolute atomic E-state index is 13.1. The number of rotatable bonds is 8. The summed E-state index contributed by atoms with van der Waals surface area (Å²) in [5, 5.41) is 26.1. The molecule has 2 aromatic carbocycles. The van der Waals surface area contributed by atoms with Crippen LogP contribution in [0, 0.1) is 11.8 Å². The van der Waals surface area contributed by atoms with E-state index < -0.39 is 24.3 Å². The number of nitrogens with one attached hydrogen (secondary N) is 2. The second kappa shape index (κ2) is 12.9. The predicted molar refractivity (Wildman–Crippen MR) is 172 cm³/mol. The number of hydrogen-bond acceptors (Lipinski definition) is 8. The smallest absolute Gasteiger partial charge is 0.247 e. The van der Waals surface area contributed by atoms with Gasteiger partial charge in [0.15, 0.2) is 5.76 Å². The Kier molecular flexibility index (Phi) is 8.54. The van der Waals surface area contributed by atoms with Gasteiger partial charge in [-0.05, 0) is 74.2 Å². The molecule has 12 nitrogen and oxygen atoms in total. The van der Waals surface area contributed by atoms with E-state index in [1.165, 1.54) is 9.80 Å². The maximum Gasteiger partial charge on any atom is 0.247 e. The van der Waals surface area contributed by atoms with Gasteiger partial charge in [0.25, 0.3) is 0 Å². The highest BCUT2D eigenvalue weighted by Crippen LogP contribution is 2.34. The average Bonchev–Trinajstić information content (AvgIpc) is 3.75. The Morgan fingerprint density at radius 2 is 1.13 bits per heavy atom. The lowest BCUT2D eigenvalue weighted by molar-refractivity contribution is -0.142. The number of oxazole rings is 1. The van der Waals surface area contributed by atoms with Crippen LogP contribution in [-0.4, -0.2) is 86.0 Å². The van der Waals surface area contributed by atoms with Crippen LogP contribution in [0.15, 0.2) is 59.1 Å². The van der Waals surface area contributed by atoms with Crippen molar-refractivity contribution >= 4 is 35.0 Å². The van der Waals surface area contributed by atoms with Crippen molar-refractivity contribution in [2.24, 2.45) is 11.8 Å². The van der Waals surface area contributed by atoms with Crippen molar-refractivity contribution in [2.45, 2.75) is 75.7 Å². The molecule has 0 spiro atoms. The minimum Gasteiger partial charge on any atom is -0.436 e. The Morgan fingerprint density at radius 1 is 0.681 bits per heavy atom. The van der Waals surface area contributed by atoms with E-state index in [0.29, 0.717) is 28.6 Å². The van der Waals surface area contributed by atoms with Gasteiger partial charge in [-0.1, -0.05) is 12.8 Å². The van der Waals surface area contributed by atoms with Crippen LogP contribution in [0.5, 0.6) is 0 Å². The Bertz CT molecular complexity index is 1530. The Balaban J connectivity index is 0.953. The number of carbonyl (C=O) groups excluding carboxylic acids is 4. The molecule has 47 heavy (non-hydrogen) atoms. The molecule has 3 heterocycles. The summed E-state index contributed by atoms with van der Waals surface area (Å²) < 4.78 is 6.01. The third-order valence-corrected chi connectivity index (χ3v) is 9.98. The van der Waals surface area contributed by atoms with Crippen molar-refractivity contribution in [1.82, 2.24) is 14.8 Å². The minimum absolute atomic E-state index is 0.0431. The number of β-amino-alcohol motifs (C(OH)–C–C–N with tert-alkyl or cyclic N) is 2. The van der Waals surface area contributed by atoms with E-state index in [0.717, 1.165) is 44.1 Å². The number of benzene rings is 2. The summed E-state index contributed by atoms with van der Waals surface area (Å²) in [5.41, 5.74) is 2.58. The van der Waals surface area contributed by atoms with Gasteiger partial charge < -0.3 is 35.1 Å². The van der Waals surface area contributed by atoms with Crippen molar-refractivity contribution < 1.29 is 33.8 Å². The third kappa shape index (κ3) is 6.39. The molecule has 1 aromatic heterocycles. The fourth-order valence-corrected chi connectivity index (χ4v) is 6.80. The van der Waals surface area contributed by atoms with Crippen molar-refractivity contribution in [3.8, 4) is 22.8 Å². The van der Waals surface area contributed by atoms with Gasteiger partial charge in [-0.2, -0.15) is 0 Å². The number of hydrogen-bond donors (Lipinski definition) is 4. The van der Waals surface area contributed by atoms with E-state index >= 15 is 0 Å². The highest BCUT2D eigenvalue weighted by Gasteiger charge is 2.43. The monoisotopic (exact) mass is 641 g/mol. The van der Waals surface area contributed by atoms with Crippen LogP contribution < -0.4 is 10.6 Å². The van der Waals surface area contributed by atoms with Crippen LogP contribution in [0.2, 0.25) is 0 Å². The molecule has 4 fully saturated rings. The van der Waals surface area contributed by atoms with E-state index in [2.05, 4.69) is 15.6 Å². The second-order valence-electron chi connectivity index (χ2n) is 13.2. The number of nitrogens with zero attached hydrogens (tertiary/aromatic N) is 3. The minimum atomic E-state index is -0.711. The van der Waals surface area contributed by atoms with Crippen LogP contribution in [-0.2, 0) is 19.2 Å². The third-order valence-electron chi connectivity index (χ3n) is 9.98. The first-order valence-electron chi connectivity index (χ1n) is 16.5. The SMILES string of the molecule is O=C(Nc1ccc(-c2cnc(-c3ccc(NC(=O)[C@@H]4C[C@@H](O)CN4C(=O)C4CCC4)cc3)o2)cc1)[C@@H]1C[C@@H](O)CN1C(=O)C1CCC1. The maximum atomic E-state index is 13.1. The first-order valence-corrected chi connectivity index (χ1v) is 16.5. The number of likely N-dealkylation sites (tertiary alicyclic amines) is 2. The number of aromatic nitrogens is 1. The van der Waals surface area contributed by atoms with E-state index in [4.69, 9.17) is 4.42 Å². The Morgan fingerprint density at radius 3 is 1.55 bits per heavy atom. The van der Waals surface area contributed by atoms with E-state index in [1.54, 1.807) is 54.7 Å². The molecular formula is C35H39N5O7. The van der Waals surface area contributed by atoms with Gasteiger partial charge in [-0.15, -0.1) is 0 Å². The molecule has 4 amide bonds. The van der Waals surface area contributed by atoms with Crippen molar-refractivity contribution in [1.29, 1.82) is 0 Å². The number of amides is 4. The zero-order valence-corrected chi connectivity index (χ0v) is 26.0. The second-order valence-corrected chi connectivity index (χ2v) is 13.2. The molecule has 3 aromatic rings. The number of aliphatic hydroxyl groups excluding tert-OH is 2. The van der Waals surface area contributed by atoms with Gasteiger partial charge in [-0.3, -0.25) is 19.2 Å². The average molecular weight is 642 g/mol. The predicted octanol–water partition coefficient (Wildman–Crippen LogP) is 3.41. The summed E-state index contributed by atoms with van der Waals surface area (Å²) in [4.78, 5) is 59.2. The topological polar surface area (TPSA) is 165 Å². The van der Waals surface area contributed by atoms with Crippen LogP contribution in [0.1, 0.15) is 51.4 Å². The number of anilines is 2. The van der Waals surface area contributed by atoms with Gasteiger partial charge in [0.1, 0.15) is 12.1 Å². The first-order chi connectivity index (χ1) is 22.7. The molecule has 4 N–H and O–H groups in total. The Labute approximate surface area is 272 Å². The van der Waals surface area contributed by atoms with Gasteiger partial charge in [0.05, 0.1) is 18.4 Å². The largest absolute Gasteiger partial charge is 0.436 e.